The van der Waals surface area contributed by atoms with Crippen LogP contribution in [0.4, 0.5) is 0 Å². The molecule has 0 unspecified atom stereocenters. The summed E-state index contributed by atoms with van der Waals surface area (Å²) in [5.41, 5.74) is 6.90. The van der Waals surface area contributed by atoms with Crippen LogP contribution < -0.4 is 11.1 Å². The Bertz CT molecular complexity index is 310. The number of rotatable bonds is 5. The Labute approximate surface area is 100 Å². The first-order valence-corrected chi connectivity index (χ1v) is 6.03. The predicted octanol–water partition coefficient (Wildman–Crippen LogP) is 2.28. The van der Waals surface area contributed by atoms with Crippen molar-refractivity contribution >= 4 is 15.9 Å². The number of halogens is 1. The van der Waals surface area contributed by atoms with E-state index >= 15 is 0 Å². The Morgan fingerprint density at radius 3 is 2.60 bits per heavy atom. The second kappa shape index (κ2) is 5.64. The zero-order valence-corrected chi connectivity index (χ0v) is 11.0. The minimum absolute atomic E-state index is 0.120. The third kappa shape index (κ3) is 3.59. The lowest BCUT2D eigenvalue weighted by atomic mass is 9.84. The largest absolute Gasteiger partial charge is 0.329 e. The minimum atomic E-state index is 0.120. The molecule has 0 aromatic heterocycles. The molecule has 0 saturated carbocycles. The van der Waals surface area contributed by atoms with Gasteiger partial charge in [0.05, 0.1) is 0 Å². The van der Waals surface area contributed by atoms with E-state index in [2.05, 4.69) is 53.3 Å². The molecule has 3 N–H and O–H groups in total. The molecule has 0 amide bonds. The Morgan fingerprint density at radius 1 is 1.33 bits per heavy atom. The summed E-state index contributed by atoms with van der Waals surface area (Å²) in [6.45, 7) is 6.96. The summed E-state index contributed by atoms with van der Waals surface area (Å²) >= 11 is 3.59. The SMILES string of the molecule is CC(C)(CNCCN)c1ccccc1Br. The zero-order valence-electron chi connectivity index (χ0n) is 9.39. The molecule has 0 atom stereocenters. The maximum Gasteiger partial charge on any atom is 0.0213 e. The maximum atomic E-state index is 5.45. The molecule has 0 aliphatic heterocycles. The first-order valence-electron chi connectivity index (χ1n) is 5.24. The third-order valence-corrected chi connectivity index (χ3v) is 3.18. The Balaban J connectivity index is 2.72. The minimum Gasteiger partial charge on any atom is -0.329 e. The number of nitrogens with two attached hydrogens (primary N) is 1. The van der Waals surface area contributed by atoms with Gasteiger partial charge in [-0.3, -0.25) is 0 Å². The van der Waals surface area contributed by atoms with E-state index in [4.69, 9.17) is 5.73 Å². The van der Waals surface area contributed by atoms with Crippen LogP contribution in [0, 0.1) is 0 Å². The van der Waals surface area contributed by atoms with Gasteiger partial charge < -0.3 is 11.1 Å². The number of nitrogens with one attached hydrogen (secondary N) is 1. The summed E-state index contributed by atoms with van der Waals surface area (Å²) in [5, 5.41) is 3.36. The molecule has 0 aliphatic carbocycles. The molecule has 0 radical (unpaired) electrons. The number of hydrogen-bond donors (Lipinski definition) is 2. The van der Waals surface area contributed by atoms with Gasteiger partial charge in [-0.15, -0.1) is 0 Å². The van der Waals surface area contributed by atoms with Crippen molar-refractivity contribution < 1.29 is 0 Å². The molecule has 0 heterocycles. The molecule has 15 heavy (non-hydrogen) atoms. The van der Waals surface area contributed by atoms with E-state index in [9.17, 15) is 0 Å². The van der Waals surface area contributed by atoms with Crippen LogP contribution in [0.1, 0.15) is 19.4 Å². The van der Waals surface area contributed by atoms with E-state index in [-0.39, 0.29) is 5.41 Å². The van der Waals surface area contributed by atoms with Gasteiger partial charge in [0, 0.05) is 29.5 Å². The van der Waals surface area contributed by atoms with Crippen molar-refractivity contribution in [2.75, 3.05) is 19.6 Å². The lowest BCUT2D eigenvalue weighted by molar-refractivity contribution is 0.471. The summed E-state index contributed by atoms with van der Waals surface area (Å²) < 4.78 is 1.17. The smallest absolute Gasteiger partial charge is 0.0213 e. The van der Waals surface area contributed by atoms with Gasteiger partial charge in [-0.1, -0.05) is 48.0 Å². The fourth-order valence-corrected chi connectivity index (χ4v) is 2.43. The first kappa shape index (κ1) is 12.7. The maximum absolute atomic E-state index is 5.45. The first-order chi connectivity index (χ1) is 7.08. The second-order valence-electron chi connectivity index (χ2n) is 4.33. The highest BCUT2D eigenvalue weighted by Crippen LogP contribution is 2.29. The average Bonchev–Trinajstić information content (AvgIpc) is 2.18. The molecular formula is C12H19BrN2. The van der Waals surface area contributed by atoms with E-state index in [1.165, 1.54) is 10.0 Å². The summed E-state index contributed by atoms with van der Waals surface area (Å²) in [6.07, 6.45) is 0. The van der Waals surface area contributed by atoms with Crippen molar-refractivity contribution in [3.05, 3.63) is 34.3 Å². The molecule has 2 nitrogen and oxygen atoms in total. The van der Waals surface area contributed by atoms with Gasteiger partial charge in [-0.05, 0) is 11.6 Å². The summed E-state index contributed by atoms with van der Waals surface area (Å²) in [5.74, 6) is 0. The van der Waals surface area contributed by atoms with Crippen LogP contribution in [0.15, 0.2) is 28.7 Å². The molecule has 0 saturated heterocycles. The second-order valence-corrected chi connectivity index (χ2v) is 5.18. The van der Waals surface area contributed by atoms with Gasteiger partial charge in [-0.25, -0.2) is 0 Å². The summed E-state index contributed by atoms with van der Waals surface area (Å²) in [7, 11) is 0. The predicted molar refractivity (Wildman–Crippen MR) is 69.1 cm³/mol. The van der Waals surface area contributed by atoms with E-state index in [1.807, 2.05) is 6.07 Å². The molecule has 0 bridgehead atoms. The fourth-order valence-electron chi connectivity index (χ4n) is 1.61. The third-order valence-electron chi connectivity index (χ3n) is 2.49. The molecule has 3 heteroatoms. The summed E-state index contributed by atoms with van der Waals surface area (Å²) in [4.78, 5) is 0. The van der Waals surface area contributed by atoms with E-state index < -0.39 is 0 Å². The highest BCUT2D eigenvalue weighted by Gasteiger charge is 2.21. The van der Waals surface area contributed by atoms with Crippen LogP contribution in [0.5, 0.6) is 0 Å². The van der Waals surface area contributed by atoms with Crippen molar-refractivity contribution in [1.82, 2.24) is 5.32 Å². The standard InChI is InChI=1S/C12H19BrN2/c1-12(2,9-15-8-7-14)10-5-3-4-6-11(10)13/h3-6,15H,7-9,14H2,1-2H3. The number of hydrogen-bond acceptors (Lipinski definition) is 2. The Hall–Kier alpha value is -0.380. The average molecular weight is 271 g/mol. The Kier molecular flexibility index (Phi) is 4.77. The molecule has 1 aromatic rings. The van der Waals surface area contributed by atoms with E-state index in [0.717, 1.165) is 13.1 Å². The fraction of sp³-hybridized carbons (Fsp3) is 0.500. The molecule has 1 aromatic carbocycles. The van der Waals surface area contributed by atoms with Gasteiger partial charge in [0.15, 0.2) is 0 Å². The van der Waals surface area contributed by atoms with Crippen LogP contribution in [0.2, 0.25) is 0 Å². The van der Waals surface area contributed by atoms with Gasteiger partial charge in [-0.2, -0.15) is 0 Å². The molecule has 0 aliphatic rings. The van der Waals surface area contributed by atoms with Crippen molar-refractivity contribution in [3.8, 4) is 0 Å². The molecular weight excluding hydrogens is 252 g/mol. The lowest BCUT2D eigenvalue weighted by Gasteiger charge is -2.26. The van der Waals surface area contributed by atoms with Crippen LogP contribution in [-0.4, -0.2) is 19.6 Å². The topological polar surface area (TPSA) is 38.0 Å². The number of benzene rings is 1. The van der Waals surface area contributed by atoms with Gasteiger partial charge in [0.25, 0.3) is 0 Å². The van der Waals surface area contributed by atoms with Crippen molar-refractivity contribution in [2.45, 2.75) is 19.3 Å². The monoisotopic (exact) mass is 270 g/mol. The quantitative estimate of drug-likeness (QED) is 0.806. The van der Waals surface area contributed by atoms with Crippen molar-refractivity contribution in [2.24, 2.45) is 5.73 Å². The van der Waals surface area contributed by atoms with Crippen LogP contribution >= 0.6 is 15.9 Å². The van der Waals surface area contributed by atoms with Gasteiger partial charge in [0.1, 0.15) is 0 Å². The van der Waals surface area contributed by atoms with E-state index in [1.54, 1.807) is 0 Å². The van der Waals surface area contributed by atoms with Gasteiger partial charge in [0.2, 0.25) is 0 Å². The lowest BCUT2D eigenvalue weighted by Crippen LogP contribution is -2.35. The molecule has 0 spiro atoms. The van der Waals surface area contributed by atoms with Crippen molar-refractivity contribution in [3.63, 3.8) is 0 Å². The van der Waals surface area contributed by atoms with Crippen LogP contribution in [0.25, 0.3) is 0 Å². The van der Waals surface area contributed by atoms with Crippen LogP contribution in [0.3, 0.4) is 0 Å². The van der Waals surface area contributed by atoms with Crippen LogP contribution in [-0.2, 0) is 5.41 Å². The molecule has 1 rings (SSSR count). The Morgan fingerprint density at radius 2 is 2.00 bits per heavy atom. The molecule has 0 fully saturated rings. The normalized spacial score (nSPS) is 11.7. The summed E-state index contributed by atoms with van der Waals surface area (Å²) in [6, 6.07) is 8.36. The zero-order chi connectivity index (χ0) is 11.3. The van der Waals surface area contributed by atoms with Gasteiger partial charge >= 0.3 is 0 Å². The van der Waals surface area contributed by atoms with Crippen molar-refractivity contribution in [1.29, 1.82) is 0 Å². The highest BCUT2D eigenvalue weighted by atomic mass is 79.9. The highest BCUT2D eigenvalue weighted by molar-refractivity contribution is 9.10. The van der Waals surface area contributed by atoms with E-state index in [0.29, 0.717) is 6.54 Å². The molecule has 84 valence electrons.